The lowest BCUT2D eigenvalue weighted by molar-refractivity contribution is -0.125. The van der Waals surface area contributed by atoms with E-state index in [9.17, 15) is 9.59 Å². The highest BCUT2D eigenvalue weighted by molar-refractivity contribution is 6.01. The van der Waals surface area contributed by atoms with Crippen LogP contribution in [-0.4, -0.2) is 36.2 Å². The van der Waals surface area contributed by atoms with Crippen molar-refractivity contribution in [1.82, 2.24) is 0 Å². The monoisotopic (exact) mass is 341 g/mol. The third kappa shape index (κ3) is 3.57. The van der Waals surface area contributed by atoms with Crippen LogP contribution in [0.4, 0.5) is 5.69 Å². The topological polar surface area (TPSA) is 76.1 Å². The van der Waals surface area contributed by atoms with E-state index in [1.807, 2.05) is 31.2 Å². The van der Waals surface area contributed by atoms with Crippen molar-refractivity contribution >= 4 is 17.6 Å². The van der Waals surface area contributed by atoms with E-state index in [-0.39, 0.29) is 18.1 Å². The standard InChI is InChI=1S/C19H19NO5/c1-12-3-6-15(7-4-12)24-10-9-20-16-11-14(19(22)23)5-8-17(16)25-13(2)18(20)21/h3-8,11,13H,9-10H2,1-2H3,(H,22,23). The van der Waals surface area contributed by atoms with Crippen LogP contribution < -0.4 is 14.4 Å². The summed E-state index contributed by atoms with van der Waals surface area (Å²) in [5.74, 6) is -0.0569. The molecule has 0 saturated heterocycles. The van der Waals surface area contributed by atoms with Crippen molar-refractivity contribution in [1.29, 1.82) is 0 Å². The Balaban J connectivity index is 1.77. The minimum atomic E-state index is -1.05. The molecule has 1 unspecified atom stereocenters. The number of carbonyl (C=O) groups excluding carboxylic acids is 1. The maximum Gasteiger partial charge on any atom is 0.335 e. The number of carboxylic acid groups (broad SMARTS) is 1. The summed E-state index contributed by atoms with van der Waals surface area (Å²) in [4.78, 5) is 25.2. The molecular weight excluding hydrogens is 322 g/mol. The van der Waals surface area contributed by atoms with Gasteiger partial charge < -0.3 is 19.5 Å². The van der Waals surface area contributed by atoms with Gasteiger partial charge in [-0.1, -0.05) is 17.7 Å². The number of hydrogen-bond acceptors (Lipinski definition) is 4. The van der Waals surface area contributed by atoms with E-state index in [0.717, 1.165) is 11.3 Å². The molecule has 6 nitrogen and oxygen atoms in total. The molecule has 1 aliphatic heterocycles. The molecule has 3 rings (SSSR count). The molecule has 0 aromatic heterocycles. The SMILES string of the molecule is Cc1ccc(OCCN2C(=O)C(C)Oc3ccc(C(=O)O)cc32)cc1. The van der Waals surface area contributed by atoms with Gasteiger partial charge in [-0.05, 0) is 44.2 Å². The Kier molecular flexibility index (Phi) is 4.61. The highest BCUT2D eigenvalue weighted by atomic mass is 16.5. The number of fused-ring (bicyclic) bond motifs is 1. The normalized spacial score (nSPS) is 16.2. The smallest absolute Gasteiger partial charge is 0.335 e. The van der Waals surface area contributed by atoms with E-state index >= 15 is 0 Å². The van der Waals surface area contributed by atoms with Gasteiger partial charge >= 0.3 is 5.97 Å². The summed E-state index contributed by atoms with van der Waals surface area (Å²) in [6.07, 6.45) is -0.623. The molecule has 0 fully saturated rings. The first-order valence-electron chi connectivity index (χ1n) is 8.00. The second kappa shape index (κ2) is 6.84. The van der Waals surface area contributed by atoms with E-state index < -0.39 is 12.1 Å². The highest BCUT2D eigenvalue weighted by Crippen LogP contribution is 2.34. The lowest BCUT2D eigenvalue weighted by atomic mass is 10.1. The Morgan fingerprint density at radius 1 is 1.24 bits per heavy atom. The molecule has 0 aliphatic carbocycles. The van der Waals surface area contributed by atoms with Gasteiger partial charge in [0.2, 0.25) is 0 Å². The summed E-state index contributed by atoms with van der Waals surface area (Å²) < 4.78 is 11.3. The molecule has 0 saturated carbocycles. The predicted octanol–water partition coefficient (Wildman–Crippen LogP) is 2.89. The summed E-state index contributed by atoms with van der Waals surface area (Å²) in [6, 6.07) is 12.1. The van der Waals surface area contributed by atoms with Crippen LogP contribution in [0.25, 0.3) is 0 Å². The average Bonchev–Trinajstić information content (AvgIpc) is 2.59. The van der Waals surface area contributed by atoms with Gasteiger partial charge in [-0.25, -0.2) is 4.79 Å². The van der Waals surface area contributed by atoms with E-state index in [2.05, 4.69) is 0 Å². The first-order valence-corrected chi connectivity index (χ1v) is 8.00. The van der Waals surface area contributed by atoms with E-state index in [4.69, 9.17) is 14.6 Å². The Labute approximate surface area is 145 Å². The molecule has 1 N–H and O–H groups in total. The molecule has 1 amide bonds. The molecule has 1 aliphatic rings. The molecule has 1 heterocycles. The maximum absolute atomic E-state index is 12.5. The van der Waals surface area contributed by atoms with Gasteiger partial charge in [-0.15, -0.1) is 0 Å². The van der Waals surface area contributed by atoms with Gasteiger partial charge in [-0.2, -0.15) is 0 Å². The third-order valence-corrected chi connectivity index (χ3v) is 4.02. The Bertz CT molecular complexity index is 800. The number of benzene rings is 2. The Hall–Kier alpha value is -3.02. The van der Waals surface area contributed by atoms with Gasteiger partial charge in [0.1, 0.15) is 18.1 Å². The van der Waals surface area contributed by atoms with Crippen molar-refractivity contribution < 1.29 is 24.2 Å². The van der Waals surface area contributed by atoms with Crippen LogP contribution in [0.3, 0.4) is 0 Å². The van der Waals surface area contributed by atoms with Crippen molar-refractivity contribution in [3.05, 3.63) is 53.6 Å². The zero-order valence-electron chi connectivity index (χ0n) is 14.1. The minimum Gasteiger partial charge on any atom is -0.492 e. The van der Waals surface area contributed by atoms with Crippen LogP contribution in [0.5, 0.6) is 11.5 Å². The van der Waals surface area contributed by atoms with Gasteiger partial charge in [0.25, 0.3) is 5.91 Å². The van der Waals surface area contributed by atoms with E-state index in [0.29, 0.717) is 18.0 Å². The van der Waals surface area contributed by atoms with Gasteiger partial charge in [0.05, 0.1) is 17.8 Å². The van der Waals surface area contributed by atoms with Crippen LogP contribution in [-0.2, 0) is 4.79 Å². The van der Waals surface area contributed by atoms with Crippen molar-refractivity contribution in [3.8, 4) is 11.5 Å². The van der Waals surface area contributed by atoms with Gasteiger partial charge in [0.15, 0.2) is 6.10 Å². The number of aryl methyl sites for hydroxylation is 1. The van der Waals surface area contributed by atoms with Gasteiger partial charge in [-0.3, -0.25) is 4.79 Å². The van der Waals surface area contributed by atoms with Crippen molar-refractivity contribution in [2.24, 2.45) is 0 Å². The van der Waals surface area contributed by atoms with E-state index in [1.165, 1.54) is 17.0 Å². The molecule has 2 aromatic carbocycles. The number of hydrogen-bond donors (Lipinski definition) is 1. The summed E-state index contributed by atoms with van der Waals surface area (Å²) in [5.41, 5.74) is 1.70. The average molecular weight is 341 g/mol. The number of anilines is 1. The van der Waals surface area contributed by atoms with Crippen molar-refractivity contribution in [2.75, 3.05) is 18.1 Å². The van der Waals surface area contributed by atoms with Crippen LogP contribution >= 0.6 is 0 Å². The molecule has 130 valence electrons. The third-order valence-electron chi connectivity index (χ3n) is 4.02. The van der Waals surface area contributed by atoms with Crippen molar-refractivity contribution in [2.45, 2.75) is 20.0 Å². The van der Waals surface area contributed by atoms with Crippen LogP contribution in [0.15, 0.2) is 42.5 Å². The molecule has 6 heteroatoms. The number of rotatable bonds is 5. The summed E-state index contributed by atoms with van der Waals surface area (Å²) in [5, 5.41) is 9.17. The highest BCUT2D eigenvalue weighted by Gasteiger charge is 2.32. The zero-order chi connectivity index (χ0) is 18.0. The quantitative estimate of drug-likeness (QED) is 0.905. The number of nitrogens with zero attached hydrogens (tertiary/aromatic N) is 1. The molecule has 0 radical (unpaired) electrons. The second-order valence-corrected chi connectivity index (χ2v) is 5.90. The summed E-state index contributed by atoms with van der Waals surface area (Å²) in [6.45, 7) is 4.26. The Morgan fingerprint density at radius 3 is 2.64 bits per heavy atom. The molecule has 2 aromatic rings. The molecule has 0 spiro atoms. The fraction of sp³-hybridized carbons (Fsp3) is 0.263. The lowest BCUT2D eigenvalue weighted by Gasteiger charge is -2.33. The predicted molar refractivity (Wildman–Crippen MR) is 92.5 cm³/mol. The largest absolute Gasteiger partial charge is 0.492 e. The lowest BCUT2D eigenvalue weighted by Crippen LogP contribution is -2.46. The first kappa shape index (κ1) is 16.8. The number of ether oxygens (including phenoxy) is 2. The first-order chi connectivity index (χ1) is 12.0. The fourth-order valence-electron chi connectivity index (χ4n) is 2.66. The van der Waals surface area contributed by atoms with Crippen LogP contribution in [0.1, 0.15) is 22.8 Å². The summed E-state index contributed by atoms with van der Waals surface area (Å²) >= 11 is 0. The molecule has 0 bridgehead atoms. The molecular formula is C19H19NO5. The van der Waals surface area contributed by atoms with Crippen molar-refractivity contribution in [3.63, 3.8) is 0 Å². The second-order valence-electron chi connectivity index (χ2n) is 5.90. The van der Waals surface area contributed by atoms with Crippen LogP contribution in [0, 0.1) is 6.92 Å². The molecule has 25 heavy (non-hydrogen) atoms. The number of amides is 1. The van der Waals surface area contributed by atoms with E-state index in [1.54, 1.807) is 13.0 Å². The Morgan fingerprint density at radius 2 is 1.96 bits per heavy atom. The fourth-order valence-corrected chi connectivity index (χ4v) is 2.66. The summed E-state index contributed by atoms with van der Waals surface area (Å²) in [7, 11) is 0. The number of carbonyl (C=O) groups is 2. The molecule has 1 atom stereocenters. The number of aromatic carboxylic acids is 1. The van der Waals surface area contributed by atoms with Gasteiger partial charge in [0, 0.05) is 0 Å². The zero-order valence-corrected chi connectivity index (χ0v) is 14.1. The number of carboxylic acids is 1. The maximum atomic E-state index is 12.5. The minimum absolute atomic E-state index is 0.106. The van der Waals surface area contributed by atoms with Crippen LogP contribution in [0.2, 0.25) is 0 Å².